The van der Waals surface area contributed by atoms with Gasteiger partial charge in [0.25, 0.3) is 0 Å². The van der Waals surface area contributed by atoms with Crippen molar-refractivity contribution in [2.45, 2.75) is 38.7 Å². The van der Waals surface area contributed by atoms with Crippen LogP contribution >= 0.6 is 35.7 Å². The van der Waals surface area contributed by atoms with Crippen LogP contribution in [0.4, 0.5) is 4.39 Å². The number of nitrogens with zero attached hydrogens (tertiary/aromatic N) is 2. The molecule has 1 atom stereocenters. The highest BCUT2D eigenvalue weighted by atomic mass is 127. The molecule has 7 heteroatoms. The lowest BCUT2D eigenvalue weighted by Crippen LogP contribution is -2.48. The monoisotopic (exact) mass is 481 g/mol. The van der Waals surface area contributed by atoms with Gasteiger partial charge in [-0.3, -0.25) is 0 Å². The van der Waals surface area contributed by atoms with Crippen molar-refractivity contribution in [2.75, 3.05) is 32.5 Å². The first-order chi connectivity index (χ1) is 11.7. The number of ether oxygens (including phenoxy) is 1. The van der Waals surface area contributed by atoms with Gasteiger partial charge in [0.05, 0.1) is 13.2 Å². The molecule has 1 fully saturated rings. The minimum atomic E-state index is -0.227. The van der Waals surface area contributed by atoms with Gasteiger partial charge in [-0.15, -0.1) is 24.0 Å². The van der Waals surface area contributed by atoms with E-state index >= 15 is 0 Å². The van der Waals surface area contributed by atoms with Crippen molar-refractivity contribution < 1.29 is 9.13 Å². The molecule has 1 saturated heterocycles. The molecule has 0 aromatic heterocycles. The molecule has 1 aromatic carbocycles. The maximum atomic E-state index is 13.7. The average Bonchev–Trinajstić information content (AvgIpc) is 2.61. The number of nitrogens with one attached hydrogen (secondary N) is 1. The van der Waals surface area contributed by atoms with Crippen molar-refractivity contribution in [1.29, 1.82) is 0 Å². The van der Waals surface area contributed by atoms with Crippen molar-refractivity contribution in [3.05, 3.63) is 35.1 Å². The minimum absolute atomic E-state index is 0. The Labute approximate surface area is 172 Å². The molecule has 1 unspecified atom stereocenters. The number of rotatable bonds is 6. The number of aliphatic imine (C=N–C) groups is 1. The van der Waals surface area contributed by atoms with E-state index < -0.39 is 0 Å². The molecule has 1 aliphatic rings. The second kappa shape index (κ2) is 12.0. The molecule has 2 rings (SSSR count). The van der Waals surface area contributed by atoms with Gasteiger partial charge in [-0.1, -0.05) is 13.0 Å². The van der Waals surface area contributed by atoms with Gasteiger partial charge < -0.3 is 15.0 Å². The van der Waals surface area contributed by atoms with Gasteiger partial charge in [0.1, 0.15) is 5.82 Å². The number of benzene rings is 1. The third-order valence-electron chi connectivity index (χ3n) is 4.05. The molecule has 1 heterocycles. The van der Waals surface area contributed by atoms with Crippen LogP contribution in [-0.4, -0.2) is 48.6 Å². The van der Waals surface area contributed by atoms with Gasteiger partial charge in [0.15, 0.2) is 5.96 Å². The second-order valence-corrected chi connectivity index (χ2v) is 7.28. The van der Waals surface area contributed by atoms with Crippen LogP contribution in [0.25, 0.3) is 0 Å². The van der Waals surface area contributed by atoms with Crippen molar-refractivity contribution in [2.24, 2.45) is 4.99 Å². The predicted molar refractivity (Wildman–Crippen MR) is 115 cm³/mol. The summed E-state index contributed by atoms with van der Waals surface area (Å²) in [4.78, 5) is 7.11. The van der Waals surface area contributed by atoms with Crippen LogP contribution in [-0.2, 0) is 17.9 Å². The highest BCUT2D eigenvalue weighted by molar-refractivity contribution is 14.0. The first-order valence-corrected chi connectivity index (χ1v) is 9.63. The Balaban J connectivity index is 0.00000312. The molecule has 0 saturated carbocycles. The predicted octanol–water partition coefficient (Wildman–Crippen LogP) is 3.88. The lowest BCUT2D eigenvalue weighted by Gasteiger charge is -2.34. The van der Waals surface area contributed by atoms with E-state index in [1.807, 2.05) is 17.8 Å². The quantitative estimate of drug-likeness (QED) is 0.380. The number of hydrogen-bond acceptors (Lipinski definition) is 3. The third-order valence-corrected chi connectivity index (χ3v) is 5.42. The van der Waals surface area contributed by atoms with E-state index in [-0.39, 0.29) is 36.4 Å². The number of guanidine groups is 1. The van der Waals surface area contributed by atoms with Crippen LogP contribution in [0.1, 0.15) is 31.4 Å². The average molecular weight is 481 g/mol. The Hall–Kier alpha value is -0.540. The zero-order chi connectivity index (χ0) is 17.4. The lowest BCUT2D eigenvalue weighted by molar-refractivity contribution is 0.181. The summed E-state index contributed by atoms with van der Waals surface area (Å²) in [6.07, 6.45) is 1.18. The molecule has 1 aromatic rings. The molecular formula is C18H29FIN3OS. The molecular weight excluding hydrogens is 452 g/mol. The fourth-order valence-electron chi connectivity index (χ4n) is 2.74. The highest BCUT2D eigenvalue weighted by Gasteiger charge is 2.21. The van der Waals surface area contributed by atoms with E-state index in [0.717, 1.165) is 36.9 Å². The van der Waals surface area contributed by atoms with Gasteiger partial charge in [-0.05, 0) is 31.0 Å². The largest absolute Gasteiger partial charge is 0.380 e. The first kappa shape index (κ1) is 22.5. The Bertz CT molecular complexity index is 559. The summed E-state index contributed by atoms with van der Waals surface area (Å²) in [5, 5.41) is 4.05. The molecule has 0 bridgehead atoms. The van der Waals surface area contributed by atoms with Crippen molar-refractivity contribution >= 4 is 41.7 Å². The van der Waals surface area contributed by atoms with Crippen molar-refractivity contribution in [3.8, 4) is 0 Å². The third kappa shape index (κ3) is 6.94. The number of thioether (sulfide) groups is 1. The highest BCUT2D eigenvalue weighted by Crippen LogP contribution is 2.21. The summed E-state index contributed by atoms with van der Waals surface area (Å²) in [5.41, 5.74) is 1.58. The Morgan fingerprint density at radius 1 is 1.44 bits per heavy atom. The van der Waals surface area contributed by atoms with E-state index in [9.17, 15) is 4.39 Å². The van der Waals surface area contributed by atoms with Crippen LogP contribution in [0, 0.1) is 5.82 Å². The van der Waals surface area contributed by atoms with E-state index in [4.69, 9.17) is 9.73 Å². The van der Waals surface area contributed by atoms with Crippen LogP contribution < -0.4 is 5.32 Å². The molecule has 0 spiro atoms. The Kier molecular flexibility index (Phi) is 10.8. The van der Waals surface area contributed by atoms with Gasteiger partial charge in [-0.25, -0.2) is 9.38 Å². The van der Waals surface area contributed by atoms with E-state index in [0.29, 0.717) is 17.4 Å². The Morgan fingerprint density at radius 3 is 2.92 bits per heavy atom. The van der Waals surface area contributed by atoms with E-state index in [2.05, 4.69) is 24.1 Å². The van der Waals surface area contributed by atoms with Gasteiger partial charge in [0.2, 0.25) is 0 Å². The molecule has 1 aliphatic heterocycles. The maximum absolute atomic E-state index is 13.7. The smallest absolute Gasteiger partial charge is 0.194 e. The Morgan fingerprint density at radius 2 is 2.24 bits per heavy atom. The molecule has 25 heavy (non-hydrogen) atoms. The van der Waals surface area contributed by atoms with Crippen molar-refractivity contribution in [1.82, 2.24) is 10.2 Å². The summed E-state index contributed by atoms with van der Waals surface area (Å²) in [6.45, 7) is 8.04. The summed E-state index contributed by atoms with van der Waals surface area (Å²) in [5.74, 6) is 1.86. The zero-order valence-electron chi connectivity index (χ0n) is 15.3. The van der Waals surface area contributed by atoms with Crippen LogP contribution in [0.3, 0.4) is 0 Å². The van der Waals surface area contributed by atoms with Gasteiger partial charge >= 0.3 is 0 Å². The second-order valence-electron chi connectivity index (χ2n) is 5.88. The normalized spacial score (nSPS) is 18.0. The van der Waals surface area contributed by atoms with Crippen LogP contribution in [0.5, 0.6) is 0 Å². The summed E-state index contributed by atoms with van der Waals surface area (Å²) in [7, 11) is 1.58. The number of halogens is 2. The summed E-state index contributed by atoms with van der Waals surface area (Å²) >= 11 is 2.05. The molecule has 0 aliphatic carbocycles. The van der Waals surface area contributed by atoms with Crippen molar-refractivity contribution in [3.63, 3.8) is 0 Å². The number of hydrogen-bond donors (Lipinski definition) is 1. The molecule has 1 N–H and O–H groups in total. The topological polar surface area (TPSA) is 36.9 Å². The van der Waals surface area contributed by atoms with Crippen LogP contribution in [0.2, 0.25) is 0 Å². The standard InChI is InChI=1S/C18H28FN3OS.HI/c1-4-16-12-22(8-9-24-16)18(20-5-2)21-11-14-6-7-17(19)15(10-14)13-23-3;/h6-7,10,16H,4-5,8-9,11-13H2,1-3H3,(H,20,21);1H. The summed E-state index contributed by atoms with van der Waals surface area (Å²) < 4.78 is 18.8. The number of methoxy groups -OCH3 is 1. The molecule has 0 amide bonds. The fourth-order valence-corrected chi connectivity index (χ4v) is 3.92. The van der Waals surface area contributed by atoms with E-state index in [1.165, 1.54) is 12.5 Å². The van der Waals surface area contributed by atoms with Gasteiger partial charge in [0, 0.05) is 43.3 Å². The summed E-state index contributed by atoms with van der Waals surface area (Å²) in [6, 6.07) is 5.13. The van der Waals surface area contributed by atoms with Crippen LogP contribution in [0.15, 0.2) is 23.2 Å². The molecule has 142 valence electrons. The fraction of sp³-hybridized carbons (Fsp3) is 0.611. The molecule has 4 nitrogen and oxygen atoms in total. The maximum Gasteiger partial charge on any atom is 0.194 e. The zero-order valence-corrected chi connectivity index (χ0v) is 18.4. The first-order valence-electron chi connectivity index (χ1n) is 8.59. The van der Waals surface area contributed by atoms with Gasteiger partial charge in [-0.2, -0.15) is 11.8 Å². The minimum Gasteiger partial charge on any atom is -0.380 e. The van der Waals surface area contributed by atoms with E-state index in [1.54, 1.807) is 13.2 Å². The lowest BCUT2D eigenvalue weighted by atomic mass is 10.1. The molecule has 0 radical (unpaired) electrons. The SMILES string of the molecule is CCNC(=NCc1ccc(F)c(COC)c1)N1CCSC(CC)C1.I.